The van der Waals surface area contributed by atoms with E-state index in [-0.39, 0.29) is 18.1 Å². The third-order valence-corrected chi connectivity index (χ3v) is 8.37. The van der Waals surface area contributed by atoms with Gasteiger partial charge in [0.15, 0.2) is 5.82 Å². The molecule has 2 aromatic heterocycles. The summed E-state index contributed by atoms with van der Waals surface area (Å²) in [5, 5.41) is 7.89. The van der Waals surface area contributed by atoms with E-state index >= 15 is 0 Å². The average molecular weight is 449 g/mol. The van der Waals surface area contributed by atoms with Crippen LogP contribution in [0.15, 0.2) is 12.4 Å². The van der Waals surface area contributed by atoms with Gasteiger partial charge in [-0.25, -0.2) is 18.4 Å². The van der Waals surface area contributed by atoms with Crippen LogP contribution in [0.3, 0.4) is 0 Å². The molecule has 2 fully saturated rings. The number of nitrogens with one attached hydrogen (secondary N) is 1. The third kappa shape index (κ3) is 4.74. The van der Waals surface area contributed by atoms with E-state index in [1.54, 1.807) is 19.3 Å². The molecule has 3 heterocycles. The molecular formula is C21H32N6O3S. The fraction of sp³-hybridized carbons (Fsp3) is 0.714. The molecule has 0 spiro atoms. The van der Waals surface area contributed by atoms with Crippen LogP contribution in [-0.4, -0.2) is 45.0 Å². The molecule has 1 aliphatic heterocycles. The van der Waals surface area contributed by atoms with Crippen molar-refractivity contribution >= 4 is 16.0 Å². The van der Waals surface area contributed by atoms with Crippen molar-refractivity contribution < 1.29 is 13.2 Å². The highest BCUT2D eigenvalue weighted by Crippen LogP contribution is 2.36. The molecule has 4 rings (SSSR count). The molecule has 1 N–H and O–H groups in total. The first kappa shape index (κ1) is 22.1. The standard InChI is InChI=1S/C21H32N6O3S/c1-14-12-22-19(23-13-14)15(2)16(3)31(28,29)26-21-25-24-20(18-10-7-11-30-18)27(21)17-8-5-4-6-9-17/h12-13,15-18H,4-11H2,1-3H3,(H,25,26)/t15-,16-,18?/m0/s1. The highest BCUT2D eigenvalue weighted by molar-refractivity contribution is 7.93. The van der Waals surface area contributed by atoms with Crippen molar-refractivity contribution in [1.82, 2.24) is 24.7 Å². The van der Waals surface area contributed by atoms with E-state index < -0.39 is 15.3 Å². The number of hydrogen-bond donors (Lipinski definition) is 1. The summed E-state index contributed by atoms with van der Waals surface area (Å²) in [7, 11) is -3.74. The topological polar surface area (TPSA) is 112 Å². The molecule has 9 nitrogen and oxygen atoms in total. The molecule has 1 aliphatic carbocycles. The second kappa shape index (κ2) is 9.20. The zero-order chi connectivity index (χ0) is 22.0. The summed E-state index contributed by atoms with van der Waals surface area (Å²) in [4.78, 5) is 8.63. The largest absolute Gasteiger partial charge is 0.370 e. The van der Waals surface area contributed by atoms with E-state index in [0.717, 1.165) is 49.9 Å². The Balaban J connectivity index is 1.60. The Bertz CT molecular complexity index is 979. The van der Waals surface area contributed by atoms with Gasteiger partial charge in [0, 0.05) is 31.0 Å². The van der Waals surface area contributed by atoms with Crippen molar-refractivity contribution in [3.63, 3.8) is 0 Å². The third-order valence-electron chi connectivity index (χ3n) is 6.52. The summed E-state index contributed by atoms with van der Waals surface area (Å²) in [5.74, 6) is 1.17. The lowest BCUT2D eigenvalue weighted by Gasteiger charge is -2.27. The van der Waals surface area contributed by atoms with E-state index in [1.165, 1.54) is 6.42 Å². The maximum absolute atomic E-state index is 13.3. The first-order valence-corrected chi connectivity index (χ1v) is 12.8. The normalized spacial score (nSPS) is 22.4. The molecule has 0 amide bonds. The molecule has 2 aromatic rings. The summed E-state index contributed by atoms with van der Waals surface area (Å²) >= 11 is 0. The molecule has 0 bridgehead atoms. The number of hydrogen-bond acceptors (Lipinski definition) is 7. The predicted molar refractivity (Wildman–Crippen MR) is 117 cm³/mol. The van der Waals surface area contributed by atoms with Crippen LogP contribution in [-0.2, 0) is 14.8 Å². The molecule has 1 unspecified atom stereocenters. The van der Waals surface area contributed by atoms with Crippen LogP contribution in [0.25, 0.3) is 0 Å². The van der Waals surface area contributed by atoms with Gasteiger partial charge in [-0.15, -0.1) is 10.2 Å². The van der Waals surface area contributed by atoms with Crippen molar-refractivity contribution in [2.24, 2.45) is 0 Å². The number of nitrogens with zero attached hydrogens (tertiary/aromatic N) is 5. The summed E-state index contributed by atoms with van der Waals surface area (Å²) < 4.78 is 37.1. The average Bonchev–Trinajstić information content (AvgIpc) is 3.43. The van der Waals surface area contributed by atoms with Crippen molar-refractivity contribution in [3.05, 3.63) is 29.6 Å². The zero-order valence-corrected chi connectivity index (χ0v) is 19.3. The Kier molecular flexibility index (Phi) is 6.57. The maximum Gasteiger partial charge on any atom is 0.238 e. The zero-order valence-electron chi connectivity index (χ0n) is 18.5. The van der Waals surface area contributed by atoms with Gasteiger partial charge in [0.05, 0.1) is 5.25 Å². The van der Waals surface area contributed by atoms with Crippen molar-refractivity contribution in [3.8, 4) is 0 Å². The summed E-state index contributed by atoms with van der Waals surface area (Å²) in [6, 6.07) is 0.189. The van der Waals surface area contributed by atoms with Crippen LogP contribution in [0.1, 0.15) is 94.1 Å². The molecular weight excluding hydrogens is 416 g/mol. The lowest BCUT2D eigenvalue weighted by Crippen LogP contribution is -2.32. The quantitative estimate of drug-likeness (QED) is 0.688. The van der Waals surface area contributed by atoms with Gasteiger partial charge in [-0.1, -0.05) is 26.2 Å². The number of anilines is 1. The van der Waals surface area contributed by atoms with Gasteiger partial charge in [0.25, 0.3) is 0 Å². The monoisotopic (exact) mass is 448 g/mol. The van der Waals surface area contributed by atoms with Crippen LogP contribution in [0.5, 0.6) is 0 Å². The molecule has 2 aliphatic rings. The minimum Gasteiger partial charge on any atom is -0.370 e. The lowest BCUT2D eigenvalue weighted by atomic mass is 9.95. The SMILES string of the molecule is Cc1cnc([C@@H](C)[C@H](C)S(=O)(=O)Nc2nnc(C3CCCO3)n2C2CCCCC2)nc1. The van der Waals surface area contributed by atoms with Gasteiger partial charge in [-0.3, -0.25) is 9.29 Å². The second-order valence-electron chi connectivity index (χ2n) is 8.80. The Morgan fingerprint density at radius 1 is 1.06 bits per heavy atom. The fourth-order valence-electron chi connectivity index (χ4n) is 4.41. The highest BCUT2D eigenvalue weighted by atomic mass is 32.2. The van der Waals surface area contributed by atoms with Crippen LogP contribution < -0.4 is 4.72 Å². The molecule has 170 valence electrons. The first-order valence-electron chi connectivity index (χ1n) is 11.2. The number of sulfonamides is 1. The molecule has 10 heteroatoms. The van der Waals surface area contributed by atoms with Crippen LogP contribution in [0.4, 0.5) is 5.95 Å². The van der Waals surface area contributed by atoms with E-state index in [4.69, 9.17) is 4.74 Å². The van der Waals surface area contributed by atoms with Gasteiger partial charge in [0.2, 0.25) is 16.0 Å². The smallest absolute Gasteiger partial charge is 0.238 e. The Hall–Kier alpha value is -2.07. The summed E-state index contributed by atoms with van der Waals surface area (Å²) in [5.41, 5.74) is 0.937. The van der Waals surface area contributed by atoms with Crippen molar-refractivity contribution in [1.29, 1.82) is 0 Å². The summed E-state index contributed by atoms with van der Waals surface area (Å²) in [6.07, 6.45) is 10.6. The molecule has 3 atom stereocenters. The molecule has 31 heavy (non-hydrogen) atoms. The summed E-state index contributed by atoms with van der Waals surface area (Å²) in [6.45, 7) is 6.12. The van der Waals surface area contributed by atoms with Gasteiger partial charge in [0.1, 0.15) is 11.9 Å². The van der Waals surface area contributed by atoms with E-state index in [9.17, 15) is 8.42 Å². The molecule has 0 radical (unpaired) electrons. The lowest BCUT2D eigenvalue weighted by molar-refractivity contribution is 0.0990. The Morgan fingerprint density at radius 2 is 1.77 bits per heavy atom. The van der Waals surface area contributed by atoms with Crippen LogP contribution in [0, 0.1) is 6.92 Å². The highest BCUT2D eigenvalue weighted by Gasteiger charge is 2.34. The Morgan fingerprint density at radius 3 is 2.42 bits per heavy atom. The molecule has 0 aromatic carbocycles. The van der Waals surface area contributed by atoms with E-state index in [2.05, 4.69) is 24.9 Å². The van der Waals surface area contributed by atoms with Gasteiger partial charge in [-0.05, 0) is 45.1 Å². The Labute approximate surface area is 184 Å². The minimum atomic E-state index is -3.74. The van der Waals surface area contributed by atoms with E-state index in [1.807, 2.05) is 18.4 Å². The first-order chi connectivity index (χ1) is 14.9. The number of aryl methyl sites for hydroxylation is 1. The van der Waals surface area contributed by atoms with Gasteiger partial charge < -0.3 is 4.74 Å². The van der Waals surface area contributed by atoms with Crippen molar-refractivity contribution in [2.45, 2.75) is 89.0 Å². The van der Waals surface area contributed by atoms with E-state index in [0.29, 0.717) is 18.4 Å². The maximum atomic E-state index is 13.3. The van der Waals surface area contributed by atoms with Gasteiger partial charge in [-0.2, -0.15) is 0 Å². The predicted octanol–water partition coefficient (Wildman–Crippen LogP) is 3.67. The number of rotatable bonds is 7. The van der Waals surface area contributed by atoms with Gasteiger partial charge >= 0.3 is 0 Å². The van der Waals surface area contributed by atoms with Crippen LogP contribution in [0.2, 0.25) is 0 Å². The van der Waals surface area contributed by atoms with Crippen LogP contribution >= 0.6 is 0 Å². The molecule has 1 saturated carbocycles. The minimum absolute atomic E-state index is 0.120. The van der Waals surface area contributed by atoms with Crippen molar-refractivity contribution in [2.75, 3.05) is 11.3 Å². The number of aromatic nitrogens is 5. The molecule has 1 saturated heterocycles. The fourth-order valence-corrected chi connectivity index (χ4v) is 5.65. The number of ether oxygens (including phenoxy) is 1. The second-order valence-corrected chi connectivity index (χ2v) is 10.8.